The standard InChI is InChI=1S/C15H19NO5/c1-10(2)14(15(19)20-3)16-13(18)9-21-12-6-4-11(8-17)5-7-12/h4-8,10,14H,9H2,1-3H3,(H,16,18). The fourth-order valence-electron chi connectivity index (χ4n) is 1.63. The zero-order valence-electron chi connectivity index (χ0n) is 12.3. The second-order valence-corrected chi connectivity index (χ2v) is 4.79. The van der Waals surface area contributed by atoms with Gasteiger partial charge in [0.2, 0.25) is 0 Å². The molecule has 0 fully saturated rings. The highest BCUT2D eigenvalue weighted by Gasteiger charge is 2.24. The molecule has 0 aliphatic rings. The van der Waals surface area contributed by atoms with E-state index in [1.54, 1.807) is 38.1 Å². The average molecular weight is 293 g/mol. The number of nitrogens with one attached hydrogen (secondary N) is 1. The molecule has 0 aromatic heterocycles. The quantitative estimate of drug-likeness (QED) is 0.603. The number of methoxy groups -OCH3 is 1. The number of esters is 1. The van der Waals surface area contributed by atoms with Crippen molar-refractivity contribution in [1.29, 1.82) is 0 Å². The van der Waals surface area contributed by atoms with Crippen LogP contribution in [0, 0.1) is 5.92 Å². The van der Waals surface area contributed by atoms with Crippen molar-refractivity contribution in [3.8, 4) is 5.75 Å². The number of carbonyl (C=O) groups excluding carboxylic acids is 3. The lowest BCUT2D eigenvalue weighted by Crippen LogP contribution is -2.46. The molecule has 0 saturated carbocycles. The zero-order valence-corrected chi connectivity index (χ0v) is 12.3. The third-order valence-electron chi connectivity index (χ3n) is 2.82. The van der Waals surface area contributed by atoms with Crippen molar-refractivity contribution < 1.29 is 23.9 Å². The van der Waals surface area contributed by atoms with Gasteiger partial charge in [-0.1, -0.05) is 13.8 Å². The summed E-state index contributed by atoms with van der Waals surface area (Å²) in [5, 5.41) is 2.57. The van der Waals surface area contributed by atoms with Gasteiger partial charge in [-0.05, 0) is 30.2 Å². The van der Waals surface area contributed by atoms with Crippen molar-refractivity contribution in [3.63, 3.8) is 0 Å². The summed E-state index contributed by atoms with van der Waals surface area (Å²) >= 11 is 0. The average Bonchev–Trinajstić information content (AvgIpc) is 2.50. The lowest BCUT2D eigenvalue weighted by atomic mass is 10.0. The Bertz CT molecular complexity index is 495. The predicted octanol–water partition coefficient (Wildman–Crippen LogP) is 1.19. The van der Waals surface area contributed by atoms with Crippen LogP contribution in [0.4, 0.5) is 0 Å². The maximum Gasteiger partial charge on any atom is 0.328 e. The molecule has 6 heteroatoms. The van der Waals surface area contributed by atoms with Crippen molar-refractivity contribution in [1.82, 2.24) is 5.32 Å². The topological polar surface area (TPSA) is 81.7 Å². The van der Waals surface area contributed by atoms with Crippen LogP contribution >= 0.6 is 0 Å². The first kappa shape index (κ1) is 16.7. The molecular formula is C15H19NO5. The number of rotatable bonds is 7. The zero-order chi connectivity index (χ0) is 15.8. The number of hydrogen-bond donors (Lipinski definition) is 1. The fourth-order valence-corrected chi connectivity index (χ4v) is 1.63. The lowest BCUT2D eigenvalue weighted by molar-refractivity contribution is -0.146. The minimum absolute atomic E-state index is 0.0896. The van der Waals surface area contributed by atoms with E-state index in [-0.39, 0.29) is 12.5 Å². The molecule has 1 aromatic carbocycles. The van der Waals surface area contributed by atoms with Gasteiger partial charge in [0.15, 0.2) is 6.61 Å². The van der Waals surface area contributed by atoms with E-state index < -0.39 is 17.9 Å². The second kappa shape index (κ2) is 8.04. The van der Waals surface area contributed by atoms with E-state index in [1.807, 2.05) is 0 Å². The highest BCUT2D eigenvalue weighted by molar-refractivity contribution is 5.85. The molecule has 0 heterocycles. The van der Waals surface area contributed by atoms with E-state index in [9.17, 15) is 14.4 Å². The van der Waals surface area contributed by atoms with Gasteiger partial charge in [-0.25, -0.2) is 4.79 Å². The Balaban J connectivity index is 2.52. The third-order valence-corrected chi connectivity index (χ3v) is 2.82. The molecule has 0 spiro atoms. The van der Waals surface area contributed by atoms with Crippen LogP contribution in [0.3, 0.4) is 0 Å². The van der Waals surface area contributed by atoms with Crippen molar-refractivity contribution in [2.45, 2.75) is 19.9 Å². The summed E-state index contributed by atoms with van der Waals surface area (Å²) in [4.78, 5) is 33.8. The number of amides is 1. The van der Waals surface area contributed by atoms with Gasteiger partial charge in [0.1, 0.15) is 18.1 Å². The number of aldehydes is 1. The molecule has 0 radical (unpaired) electrons. The van der Waals surface area contributed by atoms with Gasteiger partial charge in [0.25, 0.3) is 5.91 Å². The Hall–Kier alpha value is -2.37. The molecule has 6 nitrogen and oxygen atoms in total. The highest BCUT2D eigenvalue weighted by Crippen LogP contribution is 2.11. The molecule has 0 aliphatic heterocycles. The smallest absolute Gasteiger partial charge is 0.328 e. The summed E-state index contributed by atoms with van der Waals surface area (Å²) in [7, 11) is 1.27. The van der Waals surface area contributed by atoms with Crippen LogP contribution < -0.4 is 10.1 Å². The van der Waals surface area contributed by atoms with Crippen LogP contribution in [0.1, 0.15) is 24.2 Å². The van der Waals surface area contributed by atoms with Crippen LogP contribution in [0.25, 0.3) is 0 Å². The Kier molecular flexibility index (Phi) is 6.39. The molecule has 0 aliphatic carbocycles. The summed E-state index contributed by atoms with van der Waals surface area (Å²) < 4.78 is 9.92. The van der Waals surface area contributed by atoms with Gasteiger partial charge in [-0.2, -0.15) is 0 Å². The summed E-state index contributed by atoms with van der Waals surface area (Å²) in [6.45, 7) is 3.39. The van der Waals surface area contributed by atoms with Gasteiger partial charge >= 0.3 is 5.97 Å². The minimum Gasteiger partial charge on any atom is -0.484 e. The summed E-state index contributed by atoms with van der Waals surface area (Å²) in [5.41, 5.74) is 0.525. The van der Waals surface area contributed by atoms with Crippen LogP contribution in [-0.4, -0.2) is 37.9 Å². The minimum atomic E-state index is -0.705. The van der Waals surface area contributed by atoms with Gasteiger partial charge < -0.3 is 14.8 Å². The van der Waals surface area contributed by atoms with E-state index in [1.165, 1.54) is 7.11 Å². The Morgan fingerprint density at radius 2 is 1.86 bits per heavy atom. The SMILES string of the molecule is COC(=O)C(NC(=O)COc1ccc(C=O)cc1)C(C)C. The molecule has 0 bridgehead atoms. The number of hydrogen-bond acceptors (Lipinski definition) is 5. The molecular weight excluding hydrogens is 274 g/mol. The highest BCUT2D eigenvalue weighted by atomic mass is 16.5. The van der Waals surface area contributed by atoms with Gasteiger partial charge in [0, 0.05) is 5.56 Å². The largest absolute Gasteiger partial charge is 0.484 e. The van der Waals surface area contributed by atoms with Gasteiger partial charge in [-0.15, -0.1) is 0 Å². The normalized spacial score (nSPS) is 11.6. The monoisotopic (exact) mass is 293 g/mol. The molecule has 21 heavy (non-hydrogen) atoms. The third kappa shape index (κ3) is 5.25. The molecule has 1 atom stereocenters. The van der Waals surface area contributed by atoms with Crippen LogP contribution in [0.2, 0.25) is 0 Å². The fraction of sp³-hybridized carbons (Fsp3) is 0.400. The Morgan fingerprint density at radius 1 is 1.24 bits per heavy atom. The Labute approximate surface area is 123 Å². The maximum absolute atomic E-state index is 11.8. The predicted molar refractivity (Wildman–Crippen MR) is 76.1 cm³/mol. The van der Waals surface area contributed by atoms with Crippen molar-refractivity contribution in [3.05, 3.63) is 29.8 Å². The van der Waals surface area contributed by atoms with E-state index in [0.717, 1.165) is 6.29 Å². The van der Waals surface area contributed by atoms with E-state index in [4.69, 9.17) is 4.74 Å². The second-order valence-electron chi connectivity index (χ2n) is 4.79. The van der Waals surface area contributed by atoms with Crippen LogP contribution in [-0.2, 0) is 14.3 Å². The molecule has 114 valence electrons. The maximum atomic E-state index is 11.8. The molecule has 1 aromatic rings. The summed E-state index contributed by atoms with van der Waals surface area (Å²) in [5.74, 6) is -0.532. The van der Waals surface area contributed by atoms with Crippen LogP contribution in [0.15, 0.2) is 24.3 Å². The summed E-state index contributed by atoms with van der Waals surface area (Å²) in [6.07, 6.45) is 0.722. The Morgan fingerprint density at radius 3 is 2.33 bits per heavy atom. The van der Waals surface area contributed by atoms with Crippen molar-refractivity contribution in [2.24, 2.45) is 5.92 Å². The molecule has 1 unspecified atom stereocenters. The lowest BCUT2D eigenvalue weighted by Gasteiger charge is -2.19. The van der Waals surface area contributed by atoms with E-state index >= 15 is 0 Å². The molecule has 1 amide bonds. The number of ether oxygens (including phenoxy) is 2. The summed E-state index contributed by atoms with van der Waals surface area (Å²) in [6, 6.07) is 5.66. The first-order valence-corrected chi connectivity index (χ1v) is 6.53. The number of carbonyl (C=O) groups is 3. The molecule has 1 rings (SSSR count). The molecule has 1 N–H and O–H groups in total. The van der Waals surface area contributed by atoms with E-state index in [2.05, 4.69) is 10.1 Å². The van der Waals surface area contributed by atoms with E-state index in [0.29, 0.717) is 11.3 Å². The van der Waals surface area contributed by atoms with Crippen LogP contribution in [0.5, 0.6) is 5.75 Å². The van der Waals surface area contributed by atoms with Crippen molar-refractivity contribution >= 4 is 18.2 Å². The van der Waals surface area contributed by atoms with Gasteiger partial charge in [0.05, 0.1) is 7.11 Å². The van der Waals surface area contributed by atoms with Gasteiger partial charge in [-0.3, -0.25) is 9.59 Å². The first-order chi connectivity index (χ1) is 9.97. The molecule has 0 saturated heterocycles. The number of benzene rings is 1. The first-order valence-electron chi connectivity index (χ1n) is 6.53. The van der Waals surface area contributed by atoms with Crippen molar-refractivity contribution in [2.75, 3.05) is 13.7 Å².